The van der Waals surface area contributed by atoms with Crippen LogP contribution in [0.5, 0.6) is 0 Å². The van der Waals surface area contributed by atoms with Crippen LogP contribution < -0.4 is 4.90 Å². The van der Waals surface area contributed by atoms with Crippen molar-refractivity contribution in [3.8, 4) is 0 Å². The van der Waals surface area contributed by atoms with Crippen LogP contribution in [0.1, 0.15) is 10.4 Å². The molecular weight excluding hydrogens is 532 g/mol. The first-order valence-electron chi connectivity index (χ1n) is 11.7. The third-order valence-corrected chi connectivity index (χ3v) is 9.39. The highest BCUT2D eigenvalue weighted by Gasteiger charge is 2.26. The minimum Gasteiger partial charge on any atom is -0.383 e. The Morgan fingerprint density at radius 1 is 0.973 bits per heavy atom. The van der Waals surface area contributed by atoms with Gasteiger partial charge in [-0.25, -0.2) is 13.4 Å². The van der Waals surface area contributed by atoms with Gasteiger partial charge in [-0.15, -0.1) is 11.8 Å². The van der Waals surface area contributed by atoms with Crippen LogP contribution in [0.4, 0.5) is 5.13 Å². The van der Waals surface area contributed by atoms with Gasteiger partial charge in [0.05, 0.1) is 28.3 Å². The quantitative estimate of drug-likeness (QED) is 0.274. The average molecular weight is 567 g/mol. The standard InChI is InChI=1S/C25H34N4O5S3/c1-27(2)13-14-29(25-26-23-21(35-5)7-6-8-22(23)36-25)24(30)19-9-11-20(12-10-19)37(31,32)28(15-17-33-3)16-18-34-4/h6-12H,13-18H2,1-5H3. The smallest absolute Gasteiger partial charge is 0.260 e. The van der Waals surface area contributed by atoms with E-state index >= 15 is 0 Å². The predicted octanol–water partition coefficient (Wildman–Crippen LogP) is 3.51. The summed E-state index contributed by atoms with van der Waals surface area (Å²) in [6, 6.07) is 12.1. The van der Waals surface area contributed by atoms with Gasteiger partial charge < -0.3 is 14.4 Å². The molecule has 9 nitrogen and oxygen atoms in total. The number of aromatic nitrogens is 1. The molecule has 0 N–H and O–H groups in total. The van der Waals surface area contributed by atoms with Crippen molar-refractivity contribution in [3.63, 3.8) is 0 Å². The Bertz CT molecular complexity index is 1270. The number of nitrogens with zero attached hydrogens (tertiary/aromatic N) is 4. The third-order valence-electron chi connectivity index (χ3n) is 5.67. The highest BCUT2D eigenvalue weighted by atomic mass is 32.2. The number of anilines is 1. The van der Waals surface area contributed by atoms with Gasteiger partial charge in [-0.1, -0.05) is 17.4 Å². The molecule has 0 saturated carbocycles. The molecule has 3 rings (SSSR count). The van der Waals surface area contributed by atoms with E-state index in [1.165, 1.54) is 42.0 Å². The van der Waals surface area contributed by atoms with Gasteiger partial charge in [0.15, 0.2) is 5.13 Å². The molecule has 37 heavy (non-hydrogen) atoms. The number of benzene rings is 2. The lowest BCUT2D eigenvalue weighted by Crippen LogP contribution is -2.37. The number of thiazole rings is 1. The molecule has 12 heteroatoms. The lowest BCUT2D eigenvalue weighted by atomic mass is 10.2. The lowest BCUT2D eigenvalue weighted by Gasteiger charge is -2.23. The number of fused-ring (bicyclic) bond motifs is 1. The molecular formula is C25H34N4O5S3. The Morgan fingerprint density at radius 3 is 2.19 bits per heavy atom. The van der Waals surface area contributed by atoms with E-state index in [-0.39, 0.29) is 37.1 Å². The van der Waals surface area contributed by atoms with Crippen molar-refractivity contribution in [2.45, 2.75) is 9.79 Å². The molecule has 0 aliphatic carbocycles. The van der Waals surface area contributed by atoms with E-state index in [9.17, 15) is 13.2 Å². The van der Waals surface area contributed by atoms with Crippen molar-refractivity contribution in [2.75, 3.05) is 78.9 Å². The Hall–Kier alpha value is -2.06. The van der Waals surface area contributed by atoms with E-state index in [0.29, 0.717) is 23.8 Å². The van der Waals surface area contributed by atoms with Crippen LogP contribution in [-0.2, 0) is 19.5 Å². The summed E-state index contributed by atoms with van der Waals surface area (Å²) in [5.74, 6) is -0.230. The van der Waals surface area contributed by atoms with Gasteiger partial charge in [0.1, 0.15) is 0 Å². The molecule has 0 radical (unpaired) electrons. The molecule has 3 aromatic rings. The van der Waals surface area contributed by atoms with E-state index in [4.69, 9.17) is 14.5 Å². The van der Waals surface area contributed by atoms with Crippen LogP contribution in [0.3, 0.4) is 0 Å². The van der Waals surface area contributed by atoms with Gasteiger partial charge in [0, 0.05) is 50.9 Å². The maximum absolute atomic E-state index is 13.6. The number of hydrogen-bond donors (Lipinski definition) is 0. The zero-order valence-electron chi connectivity index (χ0n) is 21.8. The van der Waals surface area contributed by atoms with E-state index in [2.05, 4.69) is 0 Å². The van der Waals surface area contributed by atoms with Gasteiger partial charge >= 0.3 is 0 Å². The number of rotatable bonds is 14. The summed E-state index contributed by atoms with van der Waals surface area (Å²) in [6.07, 6.45) is 2.00. The van der Waals surface area contributed by atoms with E-state index in [1.807, 2.05) is 43.5 Å². The molecule has 1 heterocycles. The Labute approximate surface area is 227 Å². The summed E-state index contributed by atoms with van der Waals surface area (Å²) in [6.45, 7) is 2.04. The normalized spacial score (nSPS) is 12.1. The van der Waals surface area contributed by atoms with Crippen LogP contribution in [0.25, 0.3) is 10.2 Å². The minimum atomic E-state index is -3.78. The summed E-state index contributed by atoms with van der Waals surface area (Å²) in [7, 11) is 3.17. The van der Waals surface area contributed by atoms with Crippen molar-refractivity contribution in [1.82, 2.24) is 14.2 Å². The maximum Gasteiger partial charge on any atom is 0.260 e. The van der Waals surface area contributed by atoms with Crippen LogP contribution in [0.2, 0.25) is 0 Å². The fourth-order valence-electron chi connectivity index (χ4n) is 3.59. The molecule has 0 bridgehead atoms. The molecule has 0 spiro atoms. The monoisotopic (exact) mass is 566 g/mol. The zero-order valence-corrected chi connectivity index (χ0v) is 24.3. The molecule has 202 valence electrons. The van der Waals surface area contributed by atoms with Crippen molar-refractivity contribution >= 4 is 54.4 Å². The molecule has 0 saturated heterocycles. The van der Waals surface area contributed by atoms with Crippen LogP contribution >= 0.6 is 23.1 Å². The Kier molecular flexibility index (Phi) is 10.9. The largest absolute Gasteiger partial charge is 0.383 e. The van der Waals surface area contributed by atoms with Gasteiger partial charge in [-0.3, -0.25) is 9.69 Å². The number of methoxy groups -OCH3 is 2. The number of ether oxygens (including phenoxy) is 2. The maximum atomic E-state index is 13.6. The van der Waals surface area contributed by atoms with Gasteiger partial charge in [-0.05, 0) is 56.7 Å². The Balaban J connectivity index is 1.91. The number of amides is 1. The van der Waals surface area contributed by atoms with Crippen LogP contribution in [0.15, 0.2) is 52.3 Å². The number of carbonyl (C=O) groups excluding carboxylic acids is 1. The summed E-state index contributed by atoms with van der Waals surface area (Å²) < 4.78 is 38.9. The van der Waals surface area contributed by atoms with Crippen molar-refractivity contribution < 1.29 is 22.7 Å². The first-order valence-corrected chi connectivity index (χ1v) is 15.2. The third kappa shape index (κ3) is 7.29. The summed E-state index contributed by atoms with van der Waals surface area (Å²) in [5, 5.41) is 0.616. The first-order chi connectivity index (χ1) is 17.7. The fraction of sp³-hybridized carbons (Fsp3) is 0.440. The van der Waals surface area contributed by atoms with E-state index < -0.39 is 10.0 Å². The van der Waals surface area contributed by atoms with E-state index in [0.717, 1.165) is 15.1 Å². The van der Waals surface area contributed by atoms with Crippen molar-refractivity contribution in [2.24, 2.45) is 0 Å². The molecule has 0 aliphatic heterocycles. The van der Waals surface area contributed by atoms with Crippen LogP contribution in [0, 0.1) is 0 Å². The second-order valence-electron chi connectivity index (χ2n) is 8.48. The second kappa shape index (κ2) is 13.7. The van der Waals surface area contributed by atoms with Crippen LogP contribution in [-0.4, -0.2) is 102 Å². The number of hydrogen-bond acceptors (Lipinski definition) is 9. The molecule has 0 unspecified atom stereocenters. The van der Waals surface area contributed by atoms with Gasteiger partial charge in [-0.2, -0.15) is 4.31 Å². The zero-order chi connectivity index (χ0) is 27.0. The molecule has 1 amide bonds. The number of likely N-dealkylation sites (N-methyl/N-ethyl adjacent to an activating group) is 1. The number of sulfonamides is 1. The fourth-order valence-corrected chi connectivity index (χ4v) is 6.64. The number of carbonyl (C=O) groups is 1. The summed E-state index contributed by atoms with van der Waals surface area (Å²) in [4.78, 5) is 23.3. The first kappa shape index (κ1) is 29.5. The second-order valence-corrected chi connectivity index (χ2v) is 12.3. The predicted molar refractivity (Wildman–Crippen MR) is 151 cm³/mol. The molecule has 0 fully saturated rings. The SMILES string of the molecule is COCCN(CCOC)S(=O)(=O)c1ccc(C(=O)N(CCN(C)C)c2nc3c(SC)cccc3s2)cc1. The molecule has 0 atom stereocenters. The Morgan fingerprint density at radius 2 is 1.62 bits per heavy atom. The summed E-state index contributed by atoms with van der Waals surface area (Å²) in [5.41, 5.74) is 1.27. The van der Waals surface area contributed by atoms with E-state index in [1.54, 1.807) is 28.8 Å². The molecule has 2 aromatic carbocycles. The topological polar surface area (TPSA) is 92.3 Å². The average Bonchev–Trinajstić information content (AvgIpc) is 3.32. The molecule has 0 aliphatic rings. The van der Waals surface area contributed by atoms with Gasteiger partial charge in [0.2, 0.25) is 10.0 Å². The highest BCUT2D eigenvalue weighted by Crippen LogP contribution is 2.34. The number of thioether (sulfide) groups is 1. The summed E-state index contributed by atoms with van der Waals surface area (Å²) >= 11 is 3.09. The number of para-hydroxylation sites is 1. The molecule has 1 aromatic heterocycles. The van der Waals surface area contributed by atoms with Gasteiger partial charge in [0.25, 0.3) is 5.91 Å². The highest BCUT2D eigenvalue weighted by molar-refractivity contribution is 7.98. The van der Waals surface area contributed by atoms with Crippen molar-refractivity contribution in [1.29, 1.82) is 0 Å². The lowest BCUT2D eigenvalue weighted by molar-refractivity contribution is 0.0985. The minimum absolute atomic E-state index is 0.112. The van der Waals surface area contributed by atoms with Crippen molar-refractivity contribution in [3.05, 3.63) is 48.0 Å².